The van der Waals surface area contributed by atoms with Crippen LogP contribution >= 0.6 is 0 Å². The fraction of sp³-hybridized carbons (Fsp3) is 0.333. The predicted octanol–water partition coefficient (Wildman–Crippen LogP) is -0.292. The SMILES string of the molecule is c1[nH]nnc1CCc1c[nH]nn1. The van der Waals surface area contributed by atoms with Crippen LogP contribution in [0.2, 0.25) is 0 Å². The summed E-state index contributed by atoms with van der Waals surface area (Å²) in [7, 11) is 0. The van der Waals surface area contributed by atoms with Crippen molar-refractivity contribution < 1.29 is 0 Å². The van der Waals surface area contributed by atoms with E-state index in [-0.39, 0.29) is 0 Å². The number of aromatic nitrogens is 6. The number of nitrogens with zero attached hydrogens (tertiary/aromatic N) is 4. The van der Waals surface area contributed by atoms with E-state index in [4.69, 9.17) is 0 Å². The molecule has 0 radical (unpaired) electrons. The molecule has 2 aromatic heterocycles. The smallest absolute Gasteiger partial charge is 0.0828 e. The minimum Gasteiger partial charge on any atom is -0.265 e. The molecule has 62 valence electrons. The van der Waals surface area contributed by atoms with Crippen molar-refractivity contribution in [1.82, 2.24) is 30.8 Å². The maximum atomic E-state index is 3.85. The number of nitrogens with one attached hydrogen (secondary N) is 2. The van der Waals surface area contributed by atoms with Gasteiger partial charge in [0.2, 0.25) is 0 Å². The molecule has 0 spiro atoms. The van der Waals surface area contributed by atoms with Gasteiger partial charge in [-0.3, -0.25) is 10.2 Å². The molecule has 0 saturated heterocycles. The van der Waals surface area contributed by atoms with Gasteiger partial charge in [-0.05, 0) is 12.8 Å². The maximum Gasteiger partial charge on any atom is 0.0828 e. The predicted molar refractivity (Wildman–Crippen MR) is 40.2 cm³/mol. The van der Waals surface area contributed by atoms with Crippen LogP contribution in [0.5, 0.6) is 0 Å². The van der Waals surface area contributed by atoms with Crippen LogP contribution < -0.4 is 0 Å². The van der Waals surface area contributed by atoms with E-state index in [2.05, 4.69) is 30.8 Å². The summed E-state index contributed by atoms with van der Waals surface area (Å²) in [4.78, 5) is 0. The second-order valence-electron chi connectivity index (χ2n) is 2.43. The van der Waals surface area contributed by atoms with E-state index in [0.717, 1.165) is 24.2 Å². The first-order valence-corrected chi connectivity index (χ1v) is 3.66. The normalized spacial score (nSPS) is 10.3. The fourth-order valence-electron chi connectivity index (χ4n) is 0.951. The number of rotatable bonds is 3. The summed E-state index contributed by atoms with van der Waals surface area (Å²) in [5.74, 6) is 0. The van der Waals surface area contributed by atoms with Crippen molar-refractivity contribution in [3.63, 3.8) is 0 Å². The average molecular weight is 164 g/mol. The van der Waals surface area contributed by atoms with Crippen molar-refractivity contribution in [2.45, 2.75) is 12.8 Å². The van der Waals surface area contributed by atoms with Gasteiger partial charge in [-0.1, -0.05) is 10.4 Å². The second-order valence-corrected chi connectivity index (χ2v) is 2.43. The number of hydrogen-bond donors (Lipinski definition) is 2. The Labute approximate surface area is 68.4 Å². The Kier molecular flexibility index (Phi) is 1.81. The van der Waals surface area contributed by atoms with Crippen LogP contribution in [0, 0.1) is 0 Å². The van der Waals surface area contributed by atoms with Crippen molar-refractivity contribution >= 4 is 0 Å². The first-order valence-electron chi connectivity index (χ1n) is 3.66. The Hall–Kier alpha value is -1.72. The van der Waals surface area contributed by atoms with E-state index in [0.29, 0.717) is 0 Å². The molecule has 2 rings (SSSR count). The molecule has 0 bridgehead atoms. The summed E-state index contributed by atoms with van der Waals surface area (Å²) in [6, 6.07) is 0. The summed E-state index contributed by atoms with van der Waals surface area (Å²) in [5, 5.41) is 20.2. The lowest BCUT2D eigenvalue weighted by atomic mass is 10.2. The number of H-pyrrole nitrogens is 2. The molecule has 0 amide bonds. The minimum atomic E-state index is 0.836. The Balaban J connectivity index is 1.91. The minimum absolute atomic E-state index is 0.836. The van der Waals surface area contributed by atoms with Crippen LogP contribution in [0.25, 0.3) is 0 Å². The molecule has 0 aliphatic rings. The van der Waals surface area contributed by atoms with E-state index >= 15 is 0 Å². The van der Waals surface area contributed by atoms with E-state index in [1.807, 2.05) is 0 Å². The largest absolute Gasteiger partial charge is 0.265 e. The molecule has 0 fully saturated rings. The van der Waals surface area contributed by atoms with Crippen molar-refractivity contribution in [3.8, 4) is 0 Å². The van der Waals surface area contributed by atoms with Crippen LogP contribution in [-0.4, -0.2) is 30.8 Å². The second kappa shape index (κ2) is 3.12. The van der Waals surface area contributed by atoms with Crippen molar-refractivity contribution in [1.29, 1.82) is 0 Å². The highest BCUT2D eigenvalue weighted by molar-refractivity contribution is 4.98. The molecule has 2 N–H and O–H groups in total. The van der Waals surface area contributed by atoms with Crippen LogP contribution in [0.1, 0.15) is 11.4 Å². The van der Waals surface area contributed by atoms with E-state index < -0.39 is 0 Å². The summed E-state index contributed by atoms with van der Waals surface area (Å²) in [6.45, 7) is 0. The molecule has 12 heavy (non-hydrogen) atoms. The van der Waals surface area contributed by atoms with Gasteiger partial charge >= 0.3 is 0 Å². The monoisotopic (exact) mass is 164 g/mol. The van der Waals surface area contributed by atoms with Gasteiger partial charge in [0.25, 0.3) is 0 Å². The van der Waals surface area contributed by atoms with Gasteiger partial charge in [0.15, 0.2) is 0 Å². The number of hydrogen-bond acceptors (Lipinski definition) is 4. The summed E-state index contributed by atoms with van der Waals surface area (Å²) >= 11 is 0. The first-order chi connectivity index (χ1) is 5.95. The van der Waals surface area contributed by atoms with Gasteiger partial charge in [0, 0.05) is 12.4 Å². The van der Waals surface area contributed by atoms with Gasteiger partial charge in [-0.25, -0.2) is 0 Å². The topological polar surface area (TPSA) is 83.1 Å². The molecule has 0 atom stereocenters. The maximum absolute atomic E-state index is 3.85. The third-order valence-electron chi connectivity index (χ3n) is 1.57. The van der Waals surface area contributed by atoms with Crippen LogP contribution in [0.15, 0.2) is 12.4 Å². The fourth-order valence-corrected chi connectivity index (χ4v) is 0.951. The quantitative estimate of drug-likeness (QED) is 0.652. The van der Waals surface area contributed by atoms with Gasteiger partial charge in [-0.15, -0.1) is 10.2 Å². The van der Waals surface area contributed by atoms with Gasteiger partial charge in [-0.2, -0.15) is 0 Å². The Morgan fingerprint density at radius 2 is 1.42 bits per heavy atom. The Bertz CT molecular complexity index is 275. The van der Waals surface area contributed by atoms with E-state index in [1.54, 1.807) is 12.4 Å². The van der Waals surface area contributed by atoms with Gasteiger partial charge < -0.3 is 0 Å². The Morgan fingerprint density at radius 1 is 0.917 bits per heavy atom. The first kappa shape index (κ1) is 6.96. The lowest BCUT2D eigenvalue weighted by Crippen LogP contribution is -1.91. The average Bonchev–Trinajstić information content (AvgIpc) is 2.74. The molecule has 0 aliphatic carbocycles. The molecule has 0 unspecified atom stereocenters. The number of aryl methyl sites for hydroxylation is 2. The highest BCUT2D eigenvalue weighted by atomic mass is 15.3. The molecular formula is C6H8N6. The Morgan fingerprint density at radius 3 is 1.75 bits per heavy atom. The molecular weight excluding hydrogens is 156 g/mol. The molecule has 6 nitrogen and oxygen atoms in total. The third-order valence-corrected chi connectivity index (χ3v) is 1.57. The molecule has 2 aromatic rings. The third kappa shape index (κ3) is 1.47. The zero-order chi connectivity index (χ0) is 8.23. The van der Waals surface area contributed by atoms with Crippen LogP contribution in [-0.2, 0) is 12.8 Å². The van der Waals surface area contributed by atoms with Crippen LogP contribution in [0.3, 0.4) is 0 Å². The number of aromatic amines is 2. The molecule has 2 heterocycles. The van der Waals surface area contributed by atoms with Gasteiger partial charge in [0.05, 0.1) is 11.4 Å². The summed E-state index contributed by atoms with van der Waals surface area (Å²) < 4.78 is 0. The molecule has 6 heteroatoms. The van der Waals surface area contributed by atoms with E-state index in [1.165, 1.54) is 0 Å². The molecule has 0 aliphatic heterocycles. The summed E-state index contributed by atoms with van der Waals surface area (Å²) in [6.07, 6.45) is 5.23. The lowest BCUT2D eigenvalue weighted by Gasteiger charge is -1.89. The van der Waals surface area contributed by atoms with Crippen molar-refractivity contribution in [2.24, 2.45) is 0 Å². The van der Waals surface area contributed by atoms with Crippen molar-refractivity contribution in [2.75, 3.05) is 0 Å². The standard InChI is InChI=1S/C6H8N6/c1(5-3-7-11-9-5)2-6-4-8-12-10-6/h3-4H,1-2H2,(H,7,9,11)(H,8,10,12). The van der Waals surface area contributed by atoms with E-state index in [9.17, 15) is 0 Å². The highest BCUT2D eigenvalue weighted by Gasteiger charge is 1.99. The zero-order valence-corrected chi connectivity index (χ0v) is 6.36. The van der Waals surface area contributed by atoms with Crippen molar-refractivity contribution in [3.05, 3.63) is 23.8 Å². The highest BCUT2D eigenvalue weighted by Crippen LogP contribution is 1.97. The molecule has 0 saturated carbocycles. The summed E-state index contributed by atoms with van der Waals surface area (Å²) in [5.41, 5.74) is 1.89. The van der Waals surface area contributed by atoms with Gasteiger partial charge in [0.1, 0.15) is 0 Å². The lowest BCUT2D eigenvalue weighted by molar-refractivity contribution is 0.839. The zero-order valence-electron chi connectivity index (χ0n) is 6.36. The molecule has 0 aromatic carbocycles. The van der Waals surface area contributed by atoms with Crippen LogP contribution in [0.4, 0.5) is 0 Å².